The quantitative estimate of drug-likeness (QED) is 0.812. The van der Waals surface area contributed by atoms with Crippen molar-refractivity contribution in [3.63, 3.8) is 0 Å². The standard InChI is InChI=1S/C14H22N4S2/c1-5-7-11-15-10(6-2)12(20-11)13-16-17-14(19)18(13)8-9(3)4/h9H,5-8H2,1-4H3,(H,17,19). The molecule has 6 heteroatoms. The number of aromatic nitrogens is 4. The van der Waals surface area contributed by atoms with E-state index in [2.05, 4.69) is 42.5 Å². The highest BCUT2D eigenvalue weighted by Crippen LogP contribution is 2.30. The topological polar surface area (TPSA) is 46.5 Å². The predicted molar refractivity (Wildman–Crippen MR) is 86.7 cm³/mol. The number of nitrogens with one attached hydrogen (secondary N) is 1. The first kappa shape index (κ1) is 15.4. The summed E-state index contributed by atoms with van der Waals surface area (Å²) < 4.78 is 2.80. The Labute approximate surface area is 129 Å². The van der Waals surface area contributed by atoms with Crippen molar-refractivity contribution in [2.75, 3.05) is 0 Å². The average molecular weight is 310 g/mol. The van der Waals surface area contributed by atoms with Crippen molar-refractivity contribution in [3.8, 4) is 10.7 Å². The summed E-state index contributed by atoms with van der Waals surface area (Å²) >= 11 is 7.11. The molecule has 0 unspecified atom stereocenters. The van der Waals surface area contributed by atoms with Crippen molar-refractivity contribution >= 4 is 23.6 Å². The molecule has 2 heterocycles. The molecule has 0 bridgehead atoms. The van der Waals surface area contributed by atoms with Crippen LogP contribution in [0.15, 0.2) is 0 Å². The number of thiazole rings is 1. The molecule has 0 saturated carbocycles. The van der Waals surface area contributed by atoms with Gasteiger partial charge in [0.2, 0.25) is 0 Å². The van der Waals surface area contributed by atoms with E-state index in [0.717, 1.165) is 37.3 Å². The van der Waals surface area contributed by atoms with E-state index in [4.69, 9.17) is 17.2 Å². The van der Waals surface area contributed by atoms with Gasteiger partial charge in [-0.3, -0.25) is 9.67 Å². The molecule has 110 valence electrons. The molecule has 0 aliphatic carbocycles. The Hall–Kier alpha value is -1.01. The summed E-state index contributed by atoms with van der Waals surface area (Å²) in [6.07, 6.45) is 3.08. The van der Waals surface area contributed by atoms with E-state index >= 15 is 0 Å². The molecule has 0 amide bonds. The van der Waals surface area contributed by atoms with Gasteiger partial charge in [0.05, 0.1) is 15.6 Å². The zero-order valence-electron chi connectivity index (χ0n) is 12.6. The molecule has 0 fully saturated rings. The molecule has 0 aromatic carbocycles. The van der Waals surface area contributed by atoms with Gasteiger partial charge in [-0.15, -0.1) is 11.3 Å². The van der Waals surface area contributed by atoms with E-state index in [1.807, 2.05) is 0 Å². The Balaban J connectivity index is 2.48. The van der Waals surface area contributed by atoms with Crippen LogP contribution in [-0.4, -0.2) is 19.7 Å². The number of nitrogens with zero attached hydrogens (tertiary/aromatic N) is 3. The van der Waals surface area contributed by atoms with E-state index in [1.54, 1.807) is 11.3 Å². The second-order valence-corrected chi connectivity index (χ2v) is 6.81. The van der Waals surface area contributed by atoms with Crippen molar-refractivity contribution in [2.45, 2.75) is 53.5 Å². The van der Waals surface area contributed by atoms with E-state index in [9.17, 15) is 0 Å². The van der Waals surface area contributed by atoms with Crippen LogP contribution in [0, 0.1) is 10.7 Å². The molecule has 0 radical (unpaired) electrons. The Morgan fingerprint density at radius 2 is 2.10 bits per heavy atom. The normalized spacial score (nSPS) is 11.4. The largest absolute Gasteiger partial charge is 0.299 e. The third kappa shape index (κ3) is 3.17. The van der Waals surface area contributed by atoms with Gasteiger partial charge in [-0.2, -0.15) is 5.10 Å². The smallest absolute Gasteiger partial charge is 0.195 e. The Morgan fingerprint density at radius 3 is 2.70 bits per heavy atom. The van der Waals surface area contributed by atoms with Gasteiger partial charge in [0, 0.05) is 6.54 Å². The van der Waals surface area contributed by atoms with Gasteiger partial charge in [0.25, 0.3) is 0 Å². The fourth-order valence-corrected chi connectivity index (χ4v) is 3.62. The van der Waals surface area contributed by atoms with Crippen molar-refractivity contribution in [1.29, 1.82) is 0 Å². The lowest BCUT2D eigenvalue weighted by Crippen LogP contribution is -2.06. The van der Waals surface area contributed by atoms with E-state index in [0.29, 0.717) is 10.7 Å². The average Bonchev–Trinajstić information content (AvgIpc) is 2.94. The van der Waals surface area contributed by atoms with Crippen LogP contribution >= 0.6 is 23.6 Å². The molecule has 2 rings (SSSR count). The summed E-state index contributed by atoms with van der Waals surface area (Å²) in [7, 11) is 0. The van der Waals surface area contributed by atoms with E-state index in [-0.39, 0.29) is 0 Å². The molecule has 0 aliphatic rings. The van der Waals surface area contributed by atoms with Crippen molar-refractivity contribution in [3.05, 3.63) is 15.5 Å². The minimum atomic E-state index is 0.533. The summed E-state index contributed by atoms with van der Waals surface area (Å²) in [6.45, 7) is 9.58. The minimum Gasteiger partial charge on any atom is -0.299 e. The maximum atomic E-state index is 5.36. The molecule has 0 aliphatic heterocycles. The maximum Gasteiger partial charge on any atom is 0.195 e. The highest BCUT2D eigenvalue weighted by atomic mass is 32.1. The number of rotatable bonds is 6. The fraction of sp³-hybridized carbons (Fsp3) is 0.643. The molecule has 2 aromatic heterocycles. The van der Waals surface area contributed by atoms with Crippen LogP contribution < -0.4 is 0 Å². The Morgan fingerprint density at radius 1 is 1.35 bits per heavy atom. The van der Waals surface area contributed by atoms with Crippen molar-refractivity contribution in [2.24, 2.45) is 5.92 Å². The third-order valence-corrected chi connectivity index (χ3v) is 4.51. The fourth-order valence-electron chi connectivity index (χ4n) is 2.16. The highest BCUT2D eigenvalue weighted by Gasteiger charge is 2.17. The van der Waals surface area contributed by atoms with Crippen molar-refractivity contribution in [1.82, 2.24) is 19.7 Å². The van der Waals surface area contributed by atoms with E-state index in [1.165, 1.54) is 9.88 Å². The minimum absolute atomic E-state index is 0.533. The summed E-state index contributed by atoms with van der Waals surface area (Å²) in [6, 6.07) is 0. The van der Waals surface area contributed by atoms with Gasteiger partial charge in [-0.1, -0.05) is 27.7 Å². The molecular formula is C14H22N4S2. The van der Waals surface area contributed by atoms with Crippen LogP contribution in [0.2, 0.25) is 0 Å². The first-order valence-electron chi connectivity index (χ1n) is 7.20. The molecule has 2 aromatic rings. The first-order valence-corrected chi connectivity index (χ1v) is 8.43. The molecule has 20 heavy (non-hydrogen) atoms. The lowest BCUT2D eigenvalue weighted by Gasteiger charge is -2.08. The van der Waals surface area contributed by atoms with Gasteiger partial charge in [0.1, 0.15) is 0 Å². The number of H-pyrrole nitrogens is 1. The summed E-state index contributed by atoms with van der Waals surface area (Å²) in [4.78, 5) is 5.91. The predicted octanol–water partition coefficient (Wildman–Crippen LogP) is 4.24. The highest BCUT2D eigenvalue weighted by molar-refractivity contribution is 7.71. The monoisotopic (exact) mass is 310 g/mol. The lowest BCUT2D eigenvalue weighted by atomic mass is 10.2. The van der Waals surface area contributed by atoms with Gasteiger partial charge < -0.3 is 0 Å². The molecule has 0 atom stereocenters. The molecule has 0 saturated heterocycles. The maximum absolute atomic E-state index is 5.36. The van der Waals surface area contributed by atoms with E-state index < -0.39 is 0 Å². The molecule has 4 nitrogen and oxygen atoms in total. The van der Waals surface area contributed by atoms with Crippen LogP contribution in [0.3, 0.4) is 0 Å². The van der Waals surface area contributed by atoms with Crippen LogP contribution in [0.1, 0.15) is 44.8 Å². The van der Waals surface area contributed by atoms with Crippen LogP contribution in [0.25, 0.3) is 10.7 Å². The molecule has 0 spiro atoms. The zero-order chi connectivity index (χ0) is 14.7. The van der Waals surface area contributed by atoms with Gasteiger partial charge >= 0.3 is 0 Å². The van der Waals surface area contributed by atoms with Gasteiger partial charge in [0.15, 0.2) is 10.6 Å². The van der Waals surface area contributed by atoms with Crippen LogP contribution in [0.4, 0.5) is 0 Å². The lowest BCUT2D eigenvalue weighted by molar-refractivity contribution is 0.521. The summed E-state index contributed by atoms with van der Waals surface area (Å²) in [5.74, 6) is 1.48. The second-order valence-electron chi connectivity index (χ2n) is 5.34. The third-order valence-electron chi connectivity index (χ3n) is 3.05. The number of aromatic amines is 1. The Kier molecular flexibility index (Phi) is 5.10. The van der Waals surface area contributed by atoms with Crippen LogP contribution in [-0.2, 0) is 19.4 Å². The van der Waals surface area contributed by atoms with Crippen molar-refractivity contribution < 1.29 is 0 Å². The SMILES string of the molecule is CCCc1nc(CC)c(-c2n[nH]c(=S)n2CC(C)C)s1. The van der Waals surface area contributed by atoms with Gasteiger partial charge in [-0.05, 0) is 37.4 Å². The first-order chi connectivity index (χ1) is 9.56. The van der Waals surface area contributed by atoms with Crippen LogP contribution in [0.5, 0.6) is 0 Å². The Bertz CT molecular complexity index is 621. The molecular weight excluding hydrogens is 288 g/mol. The number of hydrogen-bond acceptors (Lipinski definition) is 4. The van der Waals surface area contributed by atoms with Gasteiger partial charge in [-0.25, -0.2) is 4.98 Å². The molecule has 1 N–H and O–H groups in total. The second kappa shape index (κ2) is 6.63. The number of hydrogen-bond donors (Lipinski definition) is 1. The summed E-state index contributed by atoms with van der Waals surface area (Å²) in [5.41, 5.74) is 1.14. The number of aryl methyl sites for hydroxylation is 2. The zero-order valence-corrected chi connectivity index (χ0v) is 14.2. The summed E-state index contributed by atoms with van der Waals surface area (Å²) in [5, 5.41) is 8.56.